The fourth-order valence-corrected chi connectivity index (χ4v) is 6.12. The minimum Gasteiger partial charge on any atom is -0.207 e. The normalized spacial score (nSPS) is 12.0. The number of benzene rings is 4. The fraction of sp³-hybridized carbons (Fsp3) is 0.314. The SMILES string of the molecule is CC(C)c1ccc([S+](c2ccc(C(C)(C)C)cc2)c2ccc(C(C)(C)C)cc2)cc1.[BH3-]c1c(F)c(F)c(F)c(F)c1F. The van der Waals surface area contributed by atoms with E-state index in [1.54, 1.807) is 0 Å². The smallest absolute Gasteiger partial charge is 0.200 e. The van der Waals surface area contributed by atoms with Gasteiger partial charge in [-0.2, -0.15) is 0 Å². The van der Waals surface area contributed by atoms with Crippen molar-refractivity contribution in [2.45, 2.75) is 86.8 Å². The molecule has 224 valence electrons. The molecule has 0 aliphatic heterocycles. The molecule has 0 radical (unpaired) electrons. The molecule has 0 unspecified atom stereocenters. The maximum atomic E-state index is 12.5. The highest BCUT2D eigenvalue weighted by atomic mass is 32.2. The summed E-state index contributed by atoms with van der Waals surface area (Å²) in [6.45, 7) is 18.2. The molecule has 0 saturated heterocycles. The number of hydrogen-bond acceptors (Lipinski definition) is 0. The van der Waals surface area contributed by atoms with E-state index in [2.05, 4.69) is 128 Å². The van der Waals surface area contributed by atoms with Gasteiger partial charge in [-0.1, -0.05) is 91.8 Å². The molecular formula is C35H40BF5S. The van der Waals surface area contributed by atoms with Crippen LogP contribution in [0.2, 0.25) is 0 Å². The van der Waals surface area contributed by atoms with Gasteiger partial charge in [0.25, 0.3) is 0 Å². The molecule has 0 aliphatic rings. The van der Waals surface area contributed by atoms with E-state index in [1.165, 1.54) is 31.4 Å². The molecule has 0 bridgehead atoms. The lowest BCUT2D eigenvalue weighted by molar-refractivity contribution is 0.384. The van der Waals surface area contributed by atoms with Crippen LogP contribution in [0.25, 0.3) is 0 Å². The first-order chi connectivity index (χ1) is 19.4. The zero-order valence-corrected chi connectivity index (χ0v) is 25.6. The maximum Gasteiger partial charge on any atom is 0.200 e. The van der Waals surface area contributed by atoms with Crippen LogP contribution in [0.15, 0.2) is 87.5 Å². The van der Waals surface area contributed by atoms with Crippen LogP contribution in [-0.2, 0) is 21.7 Å². The second kappa shape index (κ2) is 13.1. The van der Waals surface area contributed by atoms with Crippen molar-refractivity contribution in [3.05, 3.63) is 119 Å². The van der Waals surface area contributed by atoms with E-state index in [0.29, 0.717) is 5.92 Å². The van der Waals surface area contributed by atoms with Gasteiger partial charge in [0.05, 0.1) is 10.9 Å². The average Bonchev–Trinajstić information content (AvgIpc) is 2.94. The van der Waals surface area contributed by atoms with Gasteiger partial charge in [0.1, 0.15) is 11.6 Å². The van der Waals surface area contributed by atoms with E-state index in [-0.39, 0.29) is 21.7 Å². The van der Waals surface area contributed by atoms with Crippen molar-refractivity contribution >= 4 is 24.2 Å². The Morgan fingerprint density at radius 2 is 0.786 bits per heavy atom. The third-order valence-corrected chi connectivity index (χ3v) is 8.92. The van der Waals surface area contributed by atoms with Crippen molar-refractivity contribution in [3.63, 3.8) is 0 Å². The molecule has 0 atom stereocenters. The van der Waals surface area contributed by atoms with Crippen molar-refractivity contribution in [3.8, 4) is 0 Å². The Morgan fingerprint density at radius 3 is 1.07 bits per heavy atom. The Morgan fingerprint density at radius 1 is 0.500 bits per heavy atom. The Bertz CT molecular complexity index is 1340. The van der Waals surface area contributed by atoms with Gasteiger partial charge in [-0.25, -0.2) is 22.0 Å². The van der Waals surface area contributed by atoms with Crippen LogP contribution < -0.4 is 5.46 Å². The third-order valence-electron chi connectivity index (χ3n) is 6.68. The molecule has 0 amide bonds. The fourth-order valence-electron chi connectivity index (χ4n) is 4.07. The van der Waals surface area contributed by atoms with Crippen LogP contribution in [0.4, 0.5) is 22.0 Å². The van der Waals surface area contributed by atoms with Crippen LogP contribution in [0, 0.1) is 29.1 Å². The standard InChI is InChI=1S/C29H37S.C6H3BF5/c1-21(2)22-9-15-25(16-10-22)30(26-17-11-23(12-18-26)28(3,4)5)27-19-13-24(14-20-27)29(6,7)8;7-1-2(8)4(10)6(12)5(11)3(1)9/h9-21H,1-8H3;7H3/q+1;-1. The average molecular weight is 599 g/mol. The molecule has 7 heteroatoms. The minimum absolute atomic E-state index is 0.106. The highest BCUT2D eigenvalue weighted by molar-refractivity contribution is 7.97. The van der Waals surface area contributed by atoms with Gasteiger partial charge in [-0.15, -0.1) is 5.46 Å². The van der Waals surface area contributed by atoms with Gasteiger partial charge < -0.3 is 0 Å². The molecule has 0 saturated carbocycles. The number of hydrogen-bond donors (Lipinski definition) is 0. The molecule has 4 aromatic rings. The zero-order valence-electron chi connectivity index (χ0n) is 24.8. The largest absolute Gasteiger partial charge is 0.207 e. The Hall–Kier alpha value is -3.06. The van der Waals surface area contributed by atoms with Crippen LogP contribution in [0.5, 0.6) is 0 Å². The lowest BCUT2D eigenvalue weighted by Crippen LogP contribution is -2.20. The topological polar surface area (TPSA) is 0 Å². The van der Waals surface area contributed by atoms with Crippen molar-refractivity contribution < 1.29 is 22.0 Å². The van der Waals surface area contributed by atoms with Crippen molar-refractivity contribution in [1.82, 2.24) is 0 Å². The predicted molar refractivity (Wildman–Crippen MR) is 169 cm³/mol. The highest BCUT2D eigenvalue weighted by Gasteiger charge is 2.30. The van der Waals surface area contributed by atoms with E-state index in [9.17, 15) is 22.0 Å². The van der Waals surface area contributed by atoms with Crippen molar-refractivity contribution in [2.75, 3.05) is 0 Å². The van der Waals surface area contributed by atoms with E-state index >= 15 is 0 Å². The van der Waals surface area contributed by atoms with Crippen LogP contribution in [-0.4, -0.2) is 7.85 Å². The summed E-state index contributed by atoms with van der Waals surface area (Å²) in [5.74, 6) is -8.58. The van der Waals surface area contributed by atoms with Crippen molar-refractivity contribution in [2.24, 2.45) is 0 Å². The van der Waals surface area contributed by atoms with Gasteiger partial charge >= 0.3 is 0 Å². The minimum atomic E-state index is -2.09. The van der Waals surface area contributed by atoms with E-state index < -0.39 is 42.4 Å². The summed E-state index contributed by atoms with van der Waals surface area (Å²) in [6.07, 6.45) is 0. The molecule has 0 aromatic heterocycles. The molecule has 0 aliphatic carbocycles. The van der Waals surface area contributed by atoms with Crippen LogP contribution in [0.3, 0.4) is 0 Å². The van der Waals surface area contributed by atoms with Crippen LogP contribution >= 0.6 is 0 Å². The van der Waals surface area contributed by atoms with Crippen LogP contribution in [0.1, 0.15) is 78.0 Å². The molecule has 4 aromatic carbocycles. The predicted octanol–water partition coefficient (Wildman–Crippen LogP) is 8.87. The van der Waals surface area contributed by atoms with E-state index in [0.717, 1.165) is 0 Å². The summed E-state index contributed by atoms with van der Waals surface area (Å²) in [4.78, 5) is 4.14. The Labute approximate surface area is 251 Å². The quantitative estimate of drug-likeness (QED) is 0.0724. The molecule has 0 fully saturated rings. The summed E-state index contributed by atoms with van der Waals surface area (Å²) in [7, 11) is -1.16. The molecule has 0 spiro atoms. The zero-order chi connectivity index (χ0) is 31.6. The summed E-state index contributed by atoms with van der Waals surface area (Å²) < 4.78 is 61.8. The van der Waals surface area contributed by atoms with Gasteiger partial charge in [-0.05, 0) is 77.7 Å². The third kappa shape index (κ3) is 7.66. The second-order valence-corrected chi connectivity index (χ2v) is 14.3. The monoisotopic (exact) mass is 598 g/mol. The first kappa shape index (κ1) is 33.4. The summed E-state index contributed by atoms with van der Waals surface area (Å²) in [5.41, 5.74) is 3.88. The lowest BCUT2D eigenvalue weighted by Gasteiger charge is -2.20. The summed E-state index contributed by atoms with van der Waals surface area (Å²) in [5, 5.41) is 0. The Balaban J connectivity index is 0.000000337. The van der Waals surface area contributed by atoms with E-state index in [4.69, 9.17) is 0 Å². The number of halogens is 5. The maximum absolute atomic E-state index is 12.5. The molecule has 0 nitrogen and oxygen atoms in total. The number of rotatable bonds is 4. The van der Waals surface area contributed by atoms with Gasteiger partial charge in [0.15, 0.2) is 32.1 Å². The lowest BCUT2D eigenvalue weighted by atomic mass is 9.87. The first-order valence-corrected chi connectivity index (χ1v) is 14.7. The van der Waals surface area contributed by atoms with E-state index in [1.807, 2.05) is 0 Å². The highest BCUT2D eigenvalue weighted by Crippen LogP contribution is 2.35. The molecule has 0 heterocycles. The summed E-state index contributed by atoms with van der Waals surface area (Å²) >= 11 is 0. The molecule has 42 heavy (non-hydrogen) atoms. The van der Waals surface area contributed by atoms with Gasteiger partial charge in [-0.3, -0.25) is 0 Å². The van der Waals surface area contributed by atoms with Gasteiger partial charge in [0.2, 0.25) is 0 Å². The Kier molecular flexibility index (Phi) is 10.4. The first-order valence-electron chi connectivity index (χ1n) is 13.5. The molecule has 4 rings (SSSR count). The molecule has 0 N–H and O–H groups in total. The van der Waals surface area contributed by atoms with Crippen molar-refractivity contribution in [1.29, 1.82) is 0 Å². The second-order valence-electron chi connectivity index (χ2n) is 12.3. The van der Waals surface area contributed by atoms with Gasteiger partial charge in [0, 0.05) is 0 Å². The molecular weight excluding hydrogens is 558 g/mol. The summed E-state index contributed by atoms with van der Waals surface area (Å²) in [6, 6.07) is 27.8.